The number of carboxylic acid groups (broad SMARTS) is 2. The van der Waals surface area contributed by atoms with Gasteiger partial charge in [-0.3, -0.25) is 0 Å². The van der Waals surface area contributed by atoms with E-state index in [1.807, 2.05) is 26.0 Å². The summed E-state index contributed by atoms with van der Waals surface area (Å²) in [5.74, 6) is -3.06. The van der Waals surface area contributed by atoms with Crippen molar-refractivity contribution in [3.63, 3.8) is 0 Å². The number of rotatable bonds is 6. The van der Waals surface area contributed by atoms with E-state index in [9.17, 15) is 4.79 Å². The summed E-state index contributed by atoms with van der Waals surface area (Å²) in [5.41, 5.74) is 3.56. The molecule has 9 heteroatoms. The highest BCUT2D eigenvalue weighted by molar-refractivity contribution is 6.27. The zero-order chi connectivity index (χ0) is 19.7. The van der Waals surface area contributed by atoms with Gasteiger partial charge in [-0.25, -0.2) is 14.4 Å². The highest BCUT2D eigenvalue weighted by atomic mass is 16.5. The Morgan fingerprint density at radius 1 is 1.19 bits per heavy atom. The third kappa shape index (κ3) is 6.10. The minimum absolute atomic E-state index is 0.301. The van der Waals surface area contributed by atoms with Crippen LogP contribution in [0.3, 0.4) is 0 Å². The second-order valence-corrected chi connectivity index (χ2v) is 5.24. The summed E-state index contributed by atoms with van der Waals surface area (Å²) >= 11 is 0. The molecular weight excluding hydrogens is 344 g/mol. The van der Waals surface area contributed by atoms with Crippen molar-refractivity contribution in [2.75, 3.05) is 6.61 Å². The minimum Gasteiger partial charge on any atom is -0.473 e. The molecule has 0 radical (unpaired) electrons. The van der Waals surface area contributed by atoms with Crippen molar-refractivity contribution in [1.82, 2.24) is 10.3 Å². The number of furan rings is 1. The number of ether oxygens (including phenoxy) is 1. The number of carbonyl (C=O) groups excluding carboxylic acids is 1. The van der Waals surface area contributed by atoms with E-state index in [2.05, 4.69) is 10.3 Å². The SMILES string of the molecule is CCOC(=O)c1[nH]c(C)c(CNCc2ccco2)c1C.O=C(O)C(=O)O. The number of esters is 1. The molecule has 142 valence electrons. The highest BCUT2D eigenvalue weighted by Gasteiger charge is 2.17. The monoisotopic (exact) mass is 366 g/mol. The van der Waals surface area contributed by atoms with Crippen molar-refractivity contribution < 1.29 is 33.8 Å². The molecule has 2 rings (SSSR count). The molecule has 0 atom stereocenters. The van der Waals surface area contributed by atoms with Crippen LogP contribution in [0.2, 0.25) is 0 Å². The predicted molar refractivity (Wildman–Crippen MR) is 90.7 cm³/mol. The molecular formula is C17H22N2O7. The fraction of sp³-hybridized carbons (Fsp3) is 0.353. The highest BCUT2D eigenvalue weighted by Crippen LogP contribution is 2.18. The number of aryl methyl sites for hydroxylation is 1. The van der Waals surface area contributed by atoms with Crippen molar-refractivity contribution in [2.24, 2.45) is 0 Å². The fourth-order valence-electron chi connectivity index (χ4n) is 2.19. The van der Waals surface area contributed by atoms with Crippen LogP contribution in [0.1, 0.15) is 40.0 Å². The number of aromatic nitrogens is 1. The summed E-state index contributed by atoms with van der Waals surface area (Å²) in [4.78, 5) is 33.1. The van der Waals surface area contributed by atoms with Crippen molar-refractivity contribution in [3.8, 4) is 0 Å². The molecule has 9 nitrogen and oxygen atoms in total. The Hall–Kier alpha value is -3.07. The first-order valence-electron chi connectivity index (χ1n) is 7.82. The lowest BCUT2D eigenvalue weighted by Crippen LogP contribution is -2.13. The fourth-order valence-corrected chi connectivity index (χ4v) is 2.19. The normalized spacial score (nSPS) is 9.96. The van der Waals surface area contributed by atoms with Gasteiger partial charge in [0.05, 0.1) is 19.4 Å². The van der Waals surface area contributed by atoms with Gasteiger partial charge in [-0.2, -0.15) is 0 Å². The van der Waals surface area contributed by atoms with Crippen LogP contribution in [0.4, 0.5) is 0 Å². The van der Waals surface area contributed by atoms with Gasteiger partial charge in [-0.15, -0.1) is 0 Å². The van der Waals surface area contributed by atoms with Crippen molar-refractivity contribution in [1.29, 1.82) is 0 Å². The summed E-state index contributed by atoms with van der Waals surface area (Å²) in [6.07, 6.45) is 1.66. The van der Waals surface area contributed by atoms with Gasteiger partial charge in [0.2, 0.25) is 0 Å². The molecule has 4 N–H and O–H groups in total. The van der Waals surface area contributed by atoms with E-state index in [4.69, 9.17) is 29.0 Å². The number of aliphatic carboxylic acids is 2. The van der Waals surface area contributed by atoms with Gasteiger partial charge < -0.3 is 29.7 Å². The number of hydrogen-bond acceptors (Lipinski definition) is 6. The molecule has 0 fully saturated rings. The Kier molecular flexibility index (Phi) is 8.10. The van der Waals surface area contributed by atoms with Gasteiger partial charge in [0.25, 0.3) is 0 Å². The molecule has 0 aliphatic rings. The van der Waals surface area contributed by atoms with Crippen LogP contribution in [-0.2, 0) is 27.4 Å². The molecule has 0 aliphatic heterocycles. The van der Waals surface area contributed by atoms with Crippen LogP contribution in [0.25, 0.3) is 0 Å². The Labute approximate surface area is 150 Å². The molecule has 2 aromatic rings. The average Bonchev–Trinajstić information content (AvgIpc) is 3.18. The van der Waals surface area contributed by atoms with Gasteiger partial charge in [0.1, 0.15) is 11.5 Å². The zero-order valence-electron chi connectivity index (χ0n) is 14.8. The first kappa shape index (κ1) is 21.0. The van der Waals surface area contributed by atoms with E-state index in [0.29, 0.717) is 25.4 Å². The number of carbonyl (C=O) groups is 3. The molecule has 0 unspecified atom stereocenters. The van der Waals surface area contributed by atoms with Crippen molar-refractivity contribution in [3.05, 3.63) is 46.7 Å². The van der Waals surface area contributed by atoms with Crippen LogP contribution in [0.5, 0.6) is 0 Å². The number of hydrogen-bond donors (Lipinski definition) is 4. The van der Waals surface area contributed by atoms with Crippen LogP contribution in [0.15, 0.2) is 22.8 Å². The number of nitrogens with one attached hydrogen (secondary N) is 2. The Balaban J connectivity index is 0.000000487. The van der Waals surface area contributed by atoms with Crippen molar-refractivity contribution >= 4 is 17.9 Å². The minimum atomic E-state index is -1.82. The number of H-pyrrole nitrogens is 1. The Morgan fingerprint density at radius 2 is 1.85 bits per heavy atom. The Morgan fingerprint density at radius 3 is 2.35 bits per heavy atom. The molecule has 0 spiro atoms. The molecule has 0 saturated carbocycles. The maximum Gasteiger partial charge on any atom is 0.414 e. The van der Waals surface area contributed by atoms with E-state index < -0.39 is 11.9 Å². The lowest BCUT2D eigenvalue weighted by atomic mass is 10.1. The van der Waals surface area contributed by atoms with Gasteiger partial charge in [0, 0.05) is 12.2 Å². The molecule has 0 aromatic carbocycles. The van der Waals surface area contributed by atoms with Gasteiger partial charge in [-0.05, 0) is 44.0 Å². The second kappa shape index (κ2) is 10.0. The van der Waals surface area contributed by atoms with E-state index in [1.54, 1.807) is 13.2 Å². The summed E-state index contributed by atoms with van der Waals surface area (Å²) in [6.45, 7) is 7.40. The first-order valence-corrected chi connectivity index (χ1v) is 7.82. The maximum absolute atomic E-state index is 11.8. The summed E-state index contributed by atoms with van der Waals surface area (Å²) < 4.78 is 10.3. The maximum atomic E-state index is 11.8. The molecule has 0 amide bonds. The van der Waals surface area contributed by atoms with Crippen LogP contribution in [-0.4, -0.2) is 39.7 Å². The van der Waals surface area contributed by atoms with E-state index in [1.165, 1.54) is 0 Å². The topological polar surface area (TPSA) is 142 Å². The first-order chi connectivity index (χ1) is 12.3. The van der Waals surface area contributed by atoms with E-state index in [-0.39, 0.29) is 5.97 Å². The predicted octanol–water partition coefficient (Wildman–Crippen LogP) is 1.85. The van der Waals surface area contributed by atoms with Crippen molar-refractivity contribution in [2.45, 2.75) is 33.9 Å². The molecule has 2 aromatic heterocycles. The van der Waals surface area contributed by atoms with Gasteiger partial charge >= 0.3 is 17.9 Å². The summed E-state index contributed by atoms with van der Waals surface area (Å²) in [7, 11) is 0. The van der Waals surface area contributed by atoms with E-state index in [0.717, 1.165) is 22.6 Å². The molecule has 0 saturated heterocycles. The lowest BCUT2D eigenvalue weighted by Gasteiger charge is -2.04. The Bertz CT molecular complexity index is 736. The van der Waals surface area contributed by atoms with Crippen LogP contribution in [0, 0.1) is 13.8 Å². The standard InChI is InChI=1S/C15H20N2O3.C2H2O4/c1-4-19-15(18)14-10(2)13(11(3)17-14)9-16-8-12-6-5-7-20-12;3-1(4)2(5)6/h5-7,16-17H,4,8-9H2,1-3H3;(H,3,4)(H,5,6). The molecule has 0 bridgehead atoms. The third-order valence-corrected chi connectivity index (χ3v) is 3.44. The summed E-state index contributed by atoms with van der Waals surface area (Å²) in [5, 5.41) is 18.1. The largest absolute Gasteiger partial charge is 0.473 e. The molecule has 0 aliphatic carbocycles. The van der Waals surface area contributed by atoms with Crippen LogP contribution < -0.4 is 5.32 Å². The second-order valence-electron chi connectivity index (χ2n) is 5.24. The zero-order valence-corrected chi connectivity index (χ0v) is 14.8. The smallest absolute Gasteiger partial charge is 0.414 e. The average molecular weight is 366 g/mol. The summed E-state index contributed by atoms with van der Waals surface area (Å²) in [6, 6.07) is 3.79. The third-order valence-electron chi connectivity index (χ3n) is 3.44. The quantitative estimate of drug-likeness (QED) is 0.448. The van der Waals surface area contributed by atoms with Gasteiger partial charge in [-0.1, -0.05) is 0 Å². The van der Waals surface area contributed by atoms with Gasteiger partial charge in [0.15, 0.2) is 0 Å². The number of aromatic amines is 1. The lowest BCUT2D eigenvalue weighted by molar-refractivity contribution is -0.159. The van der Waals surface area contributed by atoms with Crippen LogP contribution >= 0.6 is 0 Å². The number of carboxylic acids is 2. The van der Waals surface area contributed by atoms with E-state index >= 15 is 0 Å². The molecule has 26 heavy (non-hydrogen) atoms. The molecule has 2 heterocycles.